The summed E-state index contributed by atoms with van der Waals surface area (Å²) in [5.74, 6) is -0.0637. The Labute approximate surface area is 129 Å². The molecule has 0 fully saturated rings. The predicted octanol–water partition coefficient (Wildman–Crippen LogP) is 5.08. The fourth-order valence-corrected chi connectivity index (χ4v) is 2.28. The maximum Gasteiger partial charge on any atom is 0.419 e. The third-order valence-electron chi connectivity index (χ3n) is 3.10. The molecule has 1 aromatic heterocycles. The normalized spacial score (nSPS) is 13.0. The molecule has 2 nitrogen and oxygen atoms in total. The Hall–Kier alpha value is -1.56. The highest BCUT2D eigenvalue weighted by Crippen LogP contribution is 2.35. The largest absolute Gasteiger partial charge is 0.419 e. The van der Waals surface area contributed by atoms with Crippen molar-refractivity contribution in [3.05, 3.63) is 58.2 Å². The van der Waals surface area contributed by atoms with Crippen LogP contribution >= 0.6 is 15.9 Å². The van der Waals surface area contributed by atoms with Gasteiger partial charge in [-0.05, 0) is 33.5 Å². The Balaban J connectivity index is 2.14. The number of nitrogens with one attached hydrogen (secondary N) is 1. The average Bonchev–Trinajstić information content (AvgIpc) is 2.45. The Morgan fingerprint density at radius 1 is 1.24 bits per heavy atom. The lowest BCUT2D eigenvalue weighted by molar-refractivity contribution is -0.137. The number of hydrogen-bond acceptors (Lipinski definition) is 2. The smallest absolute Gasteiger partial charge is 0.369 e. The van der Waals surface area contributed by atoms with Crippen molar-refractivity contribution in [2.24, 2.45) is 0 Å². The molecule has 0 saturated carbocycles. The molecule has 0 aliphatic rings. The number of anilines is 1. The number of rotatable bonds is 4. The summed E-state index contributed by atoms with van der Waals surface area (Å²) in [6.45, 7) is 2.33. The summed E-state index contributed by atoms with van der Waals surface area (Å²) in [6, 6.07) is 10.7. The first-order valence-corrected chi connectivity index (χ1v) is 7.19. The average molecular weight is 359 g/mol. The third-order valence-corrected chi connectivity index (χ3v) is 3.54. The van der Waals surface area contributed by atoms with E-state index in [-0.39, 0.29) is 11.7 Å². The summed E-state index contributed by atoms with van der Waals surface area (Å²) in [5, 5.41) is 2.79. The van der Waals surface area contributed by atoms with Crippen molar-refractivity contribution in [2.75, 3.05) is 11.9 Å². The number of halogens is 4. The zero-order valence-corrected chi connectivity index (χ0v) is 12.9. The number of hydrogen-bond donors (Lipinski definition) is 1. The van der Waals surface area contributed by atoms with E-state index >= 15 is 0 Å². The third kappa shape index (κ3) is 4.20. The van der Waals surface area contributed by atoms with Gasteiger partial charge in [-0.15, -0.1) is 0 Å². The van der Waals surface area contributed by atoms with Crippen LogP contribution in [0.5, 0.6) is 0 Å². The van der Waals surface area contributed by atoms with Gasteiger partial charge in [0.15, 0.2) is 0 Å². The van der Waals surface area contributed by atoms with Gasteiger partial charge in [-0.1, -0.05) is 37.3 Å². The molecule has 0 spiro atoms. The van der Waals surface area contributed by atoms with Gasteiger partial charge in [-0.2, -0.15) is 13.2 Å². The van der Waals surface area contributed by atoms with Crippen LogP contribution < -0.4 is 5.32 Å². The number of benzene rings is 1. The topological polar surface area (TPSA) is 24.9 Å². The quantitative estimate of drug-likeness (QED) is 0.824. The van der Waals surface area contributed by atoms with E-state index in [9.17, 15) is 13.2 Å². The molecule has 1 N–H and O–H groups in total. The van der Waals surface area contributed by atoms with Gasteiger partial charge in [0.2, 0.25) is 0 Å². The Kier molecular flexibility index (Phi) is 4.88. The van der Waals surface area contributed by atoms with Crippen LogP contribution in [0.15, 0.2) is 47.1 Å². The molecule has 0 radical (unpaired) electrons. The minimum atomic E-state index is -4.44. The molecule has 0 aliphatic heterocycles. The van der Waals surface area contributed by atoms with Crippen molar-refractivity contribution in [3.8, 4) is 0 Å². The minimum Gasteiger partial charge on any atom is -0.369 e. The van der Waals surface area contributed by atoms with Crippen LogP contribution in [0.1, 0.15) is 24.0 Å². The van der Waals surface area contributed by atoms with E-state index in [1.165, 1.54) is 6.20 Å². The number of pyridine rings is 1. The maximum atomic E-state index is 13.0. The molecular formula is C15H14BrF3N2. The zero-order chi connectivity index (χ0) is 15.5. The molecule has 0 saturated heterocycles. The SMILES string of the molecule is CC(CNc1ncc(Br)cc1C(F)(F)F)c1ccccc1. The molecule has 1 atom stereocenters. The van der Waals surface area contributed by atoms with Crippen LogP contribution in [0, 0.1) is 0 Å². The number of alkyl halides is 3. The first kappa shape index (κ1) is 15.8. The van der Waals surface area contributed by atoms with Crippen molar-refractivity contribution in [1.82, 2.24) is 4.98 Å². The molecule has 1 heterocycles. The van der Waals surface area contributed by atoms with Crippen LogP contribution in [0.4, 0.5) is 19.0 Å². The standard InChI is InChI=1S/C15H14BrF3N2/c1-10(11-5-3-2-4-6-11)8-20-14-13(15(17,18)19)7-12(16)9-21-14/h2-7,9-10H,8H2,1H3,(H,20,21). The van der Waals surface area contributed by atoms with E-state index in [2.05, 4.69) is 26.2 Å². The molecule has 0 aliphatic carbocycles. The summed E-state index contributed by atoms with van der Waals surface area (Å²) in [5.41, 5.74) is 0.299. The van der Waals surface area contributed by atoms with Gasteiger partial charge in [0, 0.05) is 17.2 Å². The van der Waals surface area contributed by atoms with Crippen LogP contribution in [-0.2, 0) is 6.18 Å². The highest BCUT2D eigenvalue weighted by Gasteiger charge is 2.34. The van der Waals surface area contributed by atoms with E-state index in [1.807, 2.05) is 37.3 Å². The highest BCUT2D eigenvalue weighted by atomic mass is 79.9. The Morgan fingerprint density at radius 3 is 2.52 bits per heavy atom. The molecule has 0 bridgehead atoms. The second kappa shape index (κ2) is 6.47. The van der Waals surface area contributed by atoms with Gasteiger partial charge in [-0.3, -0.25) is 0 Å². The summed E-state index contributed by atoms with van der Waals surface area (Å²) in [6.07, 6.45) is -3.08. The molecule has 2 aromatic rings. The number of aromatic nitrogens is 1. The van der Waals surface area contributed by atoms with Gasteiger partial charge in [0.25, 0.3) is 0 Å². The minimum absolute atomic E-state index is 0.0812. The van der Waals surface area contributed by atoms with E-state index in [4.69, 9.17) is 0 Å². The van der Waals surface area contributed by atoms with Gasteiger partial charge < -0.3 is 5.32 Å². The van der Waals surface area contributed by atoms with Gasteiger partial charge in [0.05, 0.1) is 5.56 Å². The van der Waals surface area contributed by atoms with E-state index in [0.29, 0.717) is 11.0 Å². The molecule has 2 rings (SSSR count). The molecule has 1 unspecified atom stereocenters. The Morgan fingerprint density at radius 2 is 1.90 bits per heavy atom. The fraction of sp³-hybridized carbons (Fsp3) is 0.267. The van der Waals surface area contributed by atoms with Crippen molar-refractivity contribution >= 4 is 21.7 Å². The van der Waals surface area contributed by atoms with Crippen LogP contribution in [0.2, 0.25) is 0 Å². The first-order chi connectivity index (χ1) is 9.88. The summed E-state index contributed by atoms with van der Waals surface area (Å²) in [4.78, 5) is 3.83. The first-order valence-electron chi connectivity index (χ1n) is 6.39. The molecule has 21 heavy (non-hydrogen) atoms. The lowest BCUT2D eigenvalue weighted by atomic mass is 10.0. The lowest BCUT2D eigenvalue weighted by Gasteiger charge is -2.17. The lowest BCUT2D eigenvalue weighted by Crippen LogP contribution is -2.16. The van der Waals surface area contributed by atoms with E-state index < -0.39 is 11.7 Å². The van der Waals surface area contributed by atoms with Gasteiger partial charge in [-0.25, -0.2) is 4.98 Å². The molecule has 0 amide bonds. The highest BCUT2D eigenvalue weighted by molar-refractivity contribution is 9.10. The summed E-state index contributed by atoms with van der Waals surface area (Å²) >= 11 is 3.02. The van der Waals surface area contributed by atoms with Crippen molar-refractivity contribution in [2.45, 2.75) is 19.0 Å². The summed E-state index contributed by atoms with van der Waals surface area (Å²) < 4.78 is 39.2. The van der Waals surface area contributed by atoms with E-state index in [1.54, 1.807) is 0 Å². The monoisotopic (exact) mass is 358 g/mol. The second-order valence-corrected chi connectivity index (χ2v) is 5.66. The maximum absolute atomic E-state index is 13.0. The molecule has 6 heteroatoms. The van der Waals surface area contributed by atoms with Crippen molar-refractivity contribution in [3.63, 3.8) is 0 Å². The molecular weight excluding hydrogens is 345 g/mol. The number of nitrogens with zero attached hydrogens (tertiary/aromatic N) is 1. The molecule has 1 aromatic carbocycles. The van der Waals surface area contributed by atoms with Crippen LogP contribution in [-0.4, -0.2) is 11.5 Å². The Bertz CT molecular complexity index is 600. The van der Waals surface area contributed by atoms with E-state index in [0.717, 1.165) is 11.6 Å². The molecule has 112 valence electrons. The zero-order valence-electron chi connectivity index (χ0n) is 11.3. The van der Waals surface area contributed by atoms with Crippen LogP contribution in [0.25, 0.3) is 0 Å². The van der Waals surface area contributed by atoms with Gasteiger partial charge >= 0.3 is 6.18 Å². The fourth-order valence-electron chi connectivity index (χ4n) is 1.95. The van der Waals surface area contributed by atoms with Crippen LogP contribution in [0.3, 0.4) is 0 Å². The summed E-state index contributed by atoms with van der Waals surface area (Å²) in [7, 11) is 0. The van der Waals surface area contributed by atoms with Crippen molar-refractivity contribution < 1.29 is 13.2 Å². The predicted molar refractivity (Wildman–Crippen MR) is 80.3 cm³/mol. The van der Waals surface area contributed by atoms with Gasteiger partial charge in [0.1, 0.15) is 5.82 Å². The van der Waals surface area contributed by atoms with Crippen molar-refractivity contribution in [1.29, 1.82) is 0 Å². The second-order valence-electron chi connectivity index (χ2n) is 4.74.